The predicted octanol–water partition coefficient (Wildman–Crippen LogP) is 2.51. The van der Waals surface area contributed by atoms with Crippen molar-refractivity contribution in [2.24, 2.45) is 5.73 Å². The molecule has 1 heterocycles. The van der Waals surface area contributed by atoms with E-state index in [2.05, 4.69) is 35.9 Å². The summed E-state index contributed by atoms with van der Waals surface area (Å²) in [5.74, 6) is 1.57. The second kappa shape index (κ2) is 8.70. The summed E-state index contributed by atoms with van der Waals surface area (Å²) in [5, 5.41) is 0. The van der Waals surface area contributed by atoms with Crippen LogP contribution in [0.15, 0.2) is 18.2 Å². The van der Waals surface area contributed by atoms with E-state index < -0.39 is 0 Å². The number of hydrogen-bond acceptors (Lipinski definition) is 5. The Kier molecular flexibility index (Phi) is 6.90. The van der Waals surface area contributed by atoms with E-state index in [1.165, 1.54) is 5.56 Å². The molecule has 1 aromatic rings. The van der Waals surface area contributed by atoms with E-state index in [1.54, 1.807) is 7.11 Å². The van der Waals surface area contributed by atoms with Crippen LogP contribution in [0.1, 0.15) is 38.8 Å². The van der Waals surface area contributed by atoms with Gasteiger partial charge in [-0.25, -0.2) is 0 Å². The summed E-state index contributed by atoms with van der Waals surface area (Å²) in [5.41, 5.74) is 7.35. The maximum Gasteiger partial charge on any atom is 0.161 e. The van der Waals surface area contributed by atoms with Gasteiger partial charge in [0.1, 0.15) is 0 Å². The average molecular weight is 335 g/mol. The van der Waals surface area contributed by atoms with Gasteiger partial charge in [0.25, 0.3) is 0 Å². The summed E-state index contributed by atoms with van der Waals surface area (Å²) in [7, 11) is 3.89. The van der Waals surface area contributed by atoms with Gasteiger partial charge in [-0.2, -0.15) is 0 Å². The second-order valence-corrected chi connectivity index (χ2v) is 6.87. The van der Waals surface area contributed by atoms with Crippen LogP contribution in [0.25, 0.3) is 0 Å². The first-order valence-electron chi connectivity index (χ1n) is 8.99. The van der Waals surface area contributed by atoms with Crippen molar-refractivity contribution >= 4 is 0 Å². The van der Waals surface area contributed by atoms with Crippen LogP contribution in [0.4, 0.5) is 0 Å². The summed E-state index contributed by atoms with van der Waals surface area (Å²) in [6.07, 6.45) is 1.27. The zero-order chi connectivity index (χ0) is 17.7. The van der Waals surface area contributed by atoms with Crippen LogP contribution in [0.3, 0.4) is 0 Å². The van der Waals surface area contributed by atoms with Gasteiger partial charge in [-0.15, -0.1) is 0 Å². The minimum absolute atomic E-state index is 0.110. The molecule has 1 saturated heterocycles. The van der Waals surface area contributed by atoms with Crippen LogP contribution in [0.5, 0.6) is 11.5 Å². The summed E-state index contributed by atoms with van der Waals surface area (Å²) >= 11 is 0. The molecule has 2 atom stereocenters. The molecule has 1 aliphatic rings. The van der Waals surface area contributed by atoms with Crippen molar-refractivity contribution in [2.45, 2.75) is 45.4 Å². The first-order chi connectivity index (χ1) is 11.5. The zero-order valence-corrected chi connectivity index (χ0v) is 15.8. The molecule has 0 aromatic heterocycles. The van der Waals surface area contributed by atoms with Gasteiger partial charge >= 0.3 is 0 Å². The van der Waals surface area contributed by atoms with Crippen molar-refractivity contribution in [3.8, 4) is 11.5 Å². The third-order valence-electron chi connectivity index (χ3n) is 4.88. The van der Waals surface area contributed by atoms with E-state index in [0.29, 0.717) is 12.6 Å². The molecule has 1 aromatic carbocycles. The summed E-state index contributed by atoms with van der Waals surface area (Å²) in [6, 6.07) is 7.01. The smallest absolute Gasteiger partial charge is 0.161 e. The van der Waals surface area contributed by atoms with E-state index in [1.807, 2.05) is 19.9 Å². The fourth-order valence-electron chi connectivity index (χ4n) is 3.44. The average Bonchev–Trinajstić information content (AvgIpc) is 2.56. The highest BCUT2D eigenvalue weighted by Gasteiger charge is 2.28. The SMILES string of the molecule is CCC1CN(C(CN)c2ccc(OC)c(OC(C)C)c2)CCN1C. The number of nitrogens with two attached hydrogens (primary N) is 1. The van der Waals surface area contributed by atoms with Crippen molar-refractivity contribution in [1.82, 2.24) is 9.80 Å². The third kappa shape index (κ3) is 4.41. The van der Waals surface area contributed by atoms with E-state index in [4.69, 9.17) is 15.2 Å². The Hall–Kier alpha value is -1.30. The fourth-order valence-corrected chi connectivity index (χ4v) is 3.44. The largest absolute Gasteiger partial charge is 0.493 e. The Bertz CT molecular complexity index is 521. The van der Waals surface area contributed by atoms with Crippen molar-refractivity contribution in [2.75, 3.05) is 40.3 Å². The lowest BCUT2D eigenvalue weighted by molar-refractivity contribution is 0.0642. The maximum absolute atomic E-state index is 6.15. The number of ether oxygens (including phenoxy) is 2. The van der Waals surface area contributed by atoms with Crippen LogP contribution in [0.2, 0.25) is 0 Å². The van der Waals surface area contributed by atoms with E-state index in [-0.39, 0.29) is 12.1 Å². The minimum atomic E-state index is 0.110. The molecule has 136 valence electrons. The molecular formula is C19H33N3O2. The summed E-state index contributed by atoms with van der Waals surface area (Å²) in [6.45, 7) is 10.1. The van der Waals surface area contributed by atoms with Crippen LogP contribution >= 0.6 is 0 Å². The molecule has 1 fully saturated rings. The van der Waals surface area contributed by atoms with Gasteiger partial charge in [-0.3, -0.25) is 4.90 Å². The van der Waals surface area contributed by atoms with Crippen molar-refractivity contribution in [3.63, 3.8) is 0 Å². The Balaban J connectivity index is 2.23. The van der Waals surface area contributed by atoms with Gasteiger partial charge in [-0.1, -0.05) is 13.0 Å². The Morgan fingerprint density at radius 1 is 1.25 bits per heavy atom. The van der Waals surface area contributed by atoms with Gasteiger partial charge < -0.3 is 20.1 Å². The van der Waals surface area contributed by atoms with Crippen LogP contribution in [-0.2, 0) is 0 Å². The molecule has 0 radical (unpaired) electrons. The molecule has 0 spiro atoms. The molecule has 2 unspecified atom stereocenters. The first-order valence-corrected chi connectivity index (χ1v) is 8.99. The number of nitrogens with zero attached hydrogens (tertiary/aromatic N) is 2. The molecule has 24 heavy (non-hydrogen) atoms. The zero-order valence-electron chi connectivity index (χ0n) is 15.8. The normalized spacial score (nSPS) is 21.0. The van der Waals surface area contributed by atoms with Gasteiger partial charge in [0.05, 0.1) is 13.2 Å². The third-order valence-corrected chi connectivity index (χ3v) is 4.88. The number of piperazine rings is 1. The van der Waals surface area contributed by atoms with E-state index in [9.17, 15) is 0 Å². The molecular weight excluding hydrogens is 302 g/mol. The molecule has 5 nitrogen and oxygen atoms in total. The molecule has 5 heteroatoms. The lowest BCUT2D eigenvalue weighted by Crippen LogP contribution is -2.53. The van der Waals surface area contributed by atoms with E-state index in [0.717, 1.165) is 37.6 Å². The number of methoxy groups -OCH3 is 1. The Morgan fingerprint density at radius 2 is 2.00 bits per heavy atom. The second-order valence-electron chi connectivity index (χ2n) is 6.87. The lowest BCUT2D eigenvalue weighted by atomic mass is 10.0. The number of benzene rings is 1. The standard InChI is InChI=1S/C19H33N3O2/c1-6-16-13-22(10-9-21(16)4)17(12-20)15-7-8-18(23-5)19(11-15)24-14(2)3/h7-8,11,14,16-17H,6,9-10,12-13,20H2,1-5H3. The maximum atomic E-state index is 6.15. The van der Waals surface area contributed by atoms with Crippen LogP contribution in [0, 0.1) is 0 Å². The highest BCUT2D eigenvalue weighted by atomic mass is 16.5. The summed E-state index contributed by atoms with van der Waals surface area (Å²) < 4.78 is 11.4. The van der Waals surface area contributed by atoms with Crippen molar-refractivity contribution in [1.29, 1.82) is 0 Å². The van der Waals surface area contributed by atoms with Crippen molar-refractivity contribution < 1.29 is 9.47 Å². The molecule has 0 aliphatic carbocycles. The molecule has 0 bridgehead atoms. The lowest BCUT2D eigenvalue weighted by Gasteiger charge is -2.42. The fraction of sp³-hybridized carbons (Fsp3) is 0.684. The van der Waals surface area contributed by atoms with Gasteiger partial charge in [0, 0.05) is 38.3 Å². The topological polar surface area (TPSA) is 51.0 Å². The quantitative estimate of drug-likeness (QED) is 0.830. The van der Waals surface area contributed by atoms with Crippen LogP contribution < -0.4 is 15.2 Å². The first kappa shape index (κ1) is 19.0. The van der Waals surface area contributed by atoms with Crippen molar-refractivity contribution in [3.05, 3.63) is 23.8 Å². The predicted molar refractivity (Wildman–Crippen MR) is 98.8 cm³/mol. The molecule has 1 aliphatic heterocycles. The molecule has 0 saturated carbocycles. The number of rotatable bonds is 7. The summed E-state index contributed by atoms with van der Waals surface area (Å²) in [4.78, 5) is 4.96. The Morgan fingerprint density at radius 3 is 2.58 bits per heavy atom. The highest BCUT2D eigenvalue weighted by Crippen LogP contribution is 2.33. The number of likely N-dealkylation sites (N-methyl/N-ethyl adjacent to an activating group) is 1. The van der Waals surface area contributed by atoms with Gasteiger partial charge in [0.2, 0.25) is 0 Å². The van der Waals surface area contributed by atoms with Gasteiger partial charge in [-0.05, 0) is 45.0 Å². The molecule has 2 rings (SSSR count). The highest BCUT2D eigenvalue weighted by molar-refractivity contribution is 5.44. The molecule has 0 amide bonds. The van der Waals surface area contributed by atoms with E-state index >= 15 is 0 Å². The monoisotopic (exact) mass is 335 g/mol. The minimum Gasteiger partial charge on any atom is -0.493 e. The number of hydrogen-bond donors (Lipinski definition) is 1. The molecule has 2 N–H and O–H groups in total. The Labute approximate surface area is 146 Å². The van der Waals surface area contributed by atoms with Gasteiger partial charge in [0.15, 0.2) is 11.5 Å². The van der Waals surface area contributed by atoms with Crippen LogP contribution in [-0.4, -0.2) is 62.3 Å².